The number of benzene rings is 1. The number of amides is 4. The number of ether oxygens (including phenoxy) is 1. The summed E-state index contributed by atoms with van der Waals surface area (Å²) in [6.07, 6.45) is 1.18. The number of halogens is 1. The zero-order valence-corrected chi connectivity index (χ0v) is 16.1. The van der Waals surface area contributed by atoms with Gasteiger partial charge >= 0.3 is 0 Å². The molecule has 1 spiro atoms. The first-order chi connectivity index (χ1) is 14.3. The van der Waals surface area contributed by atoms with Gasteiger partial charge in [-0.2, -0.15) is 0 Å². The van der Waals surface area contributed by atoms with E-state index in [2.05, 4.69) is 5.32 Å². The summed E-state index contributed by atoms with van der Waals surface area (Å²) >= 11 is 0. The summed E-state index contributed by atoms with van der Waals surface area (Å²) in [4.78, 5) is 52.7. The third kappa shape index (κ3) is 2.53. The number of carbonyl (C=O) groups is 4. The number of imide groups is 1. The van der Waals surface area contributed by atoms with Gasteiger partial charge in [-0.1, -0.05) is 0 Å². The molecule has 3 fully saturated rings. The number of nitrogens with two attached hydrogens (primary N) is 2. The Hall–Kier alpha value is -2.85. The monoisotopic (exact) mass is 417 g/mol. The normalized spacial score (nSPS) is 34.6. The summed E-state index contributed by atoms with van der Waals surface area (Å²) < 4.78 is 19.7. The minimum atomic E-state index is -1.51. The van der Waals surface area contributed by atoms with Crippen LogP contribution in [0.5, 0.6) is 0 Å². The summed E-state index contributed by atoms with van der Waals surface area (Å²) in [5.74, 6) is -4.55. The first-order valence-corrected chi connectivity index (χ1v) is 10.1. The van der Waals surface area contributed by atoms with Crippen LogP contribution in [-0.4, -0.2) is 53.8 Å². The standard InChI is InChI=1S/C20H21FN4O5/c21-9-3-4-12-11(6-9)20(19(29)23-12)16-15(13(24-20)7-14(22)26)17(27)25(18(16)28)8-10-2-1-5-30-10/h3-4,6,10,13,15-16,24H,1-2,5,7-8H2,(H2,22,26)(H,23,29)/p+1/t10-,13+,15+,16-,20-/m1/s1. The zero-order valence-electron chi connectivity index (χ0n) is 16.1. The highest BCUT2D eigenvalue weighted by molar-refractivity contribution is 6.14. The average Bonchev–Trinajstić information content (AvgIpc) is 3.42. The topological polar surface area (TPSA) is 135 Å². The average molecular weight is 417 g/mol. The second-order valence-electron chi connectivity index (χ2n) is 8.44. The van der Waals surface area contributed by atoms with Gasteiger partial charge in [0.1, 0.15) is 23.7 Å². The zero-order chi connectivity index (χ0) is 21.2. The largest absolute Gasteiger partial charge is 0.376 e. The summed E-state index contributed by atoms with van der Waals surface area (Å²) in [6, 6.07) is 3.18. The first kappa shape index (κ1) is 19.1. The Labute approximate surface area is 171 Å². The van der Waals surface area contributed by atoms with Crippen molar-refractivity contribution < 1.29 is 33.6 Å². The van der Waals surface area contributed by atoms with E-state index in [1.54, 1.807) is 5.32 Å². The number of fused-ring (bicyclic) bond motifs is 4. The lowest BCUT2D eigenvalue weighted by Gasteiger charge is -2.27. The molecule has 4 aliphatic rings. The minimum absolute atomic E-state index is 0.113. The molecule has 5 N–H and O–H groups in total. The molecule has 4 amide bonds. The van der Waals surface area contributed by atoms with Crippen molar-refractivity contribution >= 4 is 29.3 Å². The number of likely N-dealkylation sites (tertiary alicyclic amines) is 1. The Morgan fingerprint density at radius 1 is 1.33 bits per heavy atom. The molecule has 1 aromatic carbocycles. The molecule has 9 nitrogen and oxygen atoms in total. The Bertz CT molecular complexity index is 978. The summed E-state index contributed by atoms with van der Waals surface area (Å²) in [5.41, 5.74) is 4.59. The van der Waals surface area contributed by atoms with Crippen molar-refractivity contribution in [3.05, 3.63) is 29.6 Å². The predicted octanol–water partition coefficient (Wildman–Crippen LogP) is -1.43. The van der Waals surface area contributed by atoms with Gasteiger partial charge in [0.25, 0.3) is 5.91 Å². The molecule has 5 rings (SSSR count). The van der Waals surface area contributed by atoms with E-state index in [4.69, 9.17) is 10.5 Å². The molecule has 0 aromatic heterocycles. The Kier molecular flexibility index (Phi) is 4.19. The minimum Gasteiger partial charge on any atom is -0.376 e. The molecular formula is C20H22FN4O5+. The number of rotatable bonds is 4. The van der Waals surface area contributed by atoms with Crippen molar-refractivity contribution in [3.8, 4) is 0 Å². The first-order valence-electron chi connectivity index (χ1n) is 10.1. The van der Waals surface area contributed by atoms with Crippen molar-refractivity contribution in [2.75, 3.05) is 18.5 Å². The van der Waals surface area contributed by atoms with Crippen LogP contribution in [0, 0.1) is 17.7 Å². The fourth-order valence-electron chi connectivity index (χ4n) is 5.59. The Morgan fingerprint density at radius 3 is 2.83 bits per heavy atom. The molecule has 3 saturated heterocycles. The van der Waals surface area contributed by atoms with Crippen molar-refractivity contribution in [2.24, 2.45) is 17.6 Å². The van der Waals surface area contributed by atoms with Crippen molar-refractivity contribution in [3.63, 3.8) is 0 Å². The van der Waals surface area contributed by atoms with Gasteiger partial charge in [0.2, 0.25) is 23.3 Å². The van der Waals surface area contributed by atoms with Crippen LogP contribution in [-0.2, 0) is 29.5 Å². The van der Waals surface area contributed by atoms with Crippen LogP contribution in [0.3, 0.4) is 0 Å². The molecule has 4 heterocycles. The number of nitrogens with zero attached hydrogens (tertiary/aromatic N) is 1. The van der Waals surface area contributed by atoms with E-state index in [9.17, 15) is 23.6 Å². The highest BCUT2D eigenvalue weighted by Gasteiger charge is 2.74. The van der Waals surface area contributed by atoms with Crippen LogP contribution in [0.25, 0.3) is 0 Å². The molecule has 30 heavy (non-hydrogen) atoms. The molecule has 0 bridgehead atoms. The molecule has 4 aliphatic heterocycles. The molecular weight excluding hydrogens is 395 g/mol. The molecule has 0 radical (unpaired) electrons. The van der Waals surface area contributed by atoms with Crippen LogP contribution < -0.4 is 16.4 Å². The van der Waals surface area contributed by atoms with Gasteiger partial charge in [0.15, 0.2) is 0 Å². The molecule has 0 aliphatic carbocycles. The van der Waals surface area contributed by atoms with Crippen molar-refractivity contribution in [1.29, 1.82) is 0 Å². The maximum absolute atomic E-state index is 14.1. The molecule has 1 aromatic rings. The number of carbonyl (C=O) groups excluding carboxylic acids is 4. The maximum atomic E-state index is 14.1. The lowest BCUT2D eigenvalue weighted by molar-refractivity contribution is -0.732. The van der Waals surface area contributed by atoms with Crippen LogP contribution in [0.15, 0.2) is 18.2 Å². The van der Waals surface area contributed by atoms with Gasteiger partial charge in [-0.25, -0.2) is 4.39 Å². The van der Waals surface area contributed by atoms with Gasteiger partial charge in [-0.3, -0.25) is 24.1 Å². The van der Waals surface area contributed by atoms with E-state index >= 15 is 0 Å². The number of hydrogen-bond acceptors (Lipinski definition) is 5. The fourth-order valence-corrected chi connectivity index (χ4v) is 5.59. The number of hydrogen-bond donors (Lipinski definition) is 3. The number of anilines is 1. The predicted molar refractivity (Wildman–Crippen MR) is 98.9 cm³/mol. The lowest BCUT2D eigenvalue weighted by atomic mass is 9.76. The lowest BCUT2D eigenvalue weighted by Crippen LogP contribution is -2.99. The summed E-state index contributed by atoms with van der Waals surface area (Å²) in [7, 11) is 0. The van der Waals surface area contributed by atoms with Gasteiger partial charge in [-0.05, 0) is 31.0 Å². The van der Waals surface area contributed by atoms with Crippen molar-refractivity contribution in [2.45, 2.75) is 36.9 Å². The molecule has 10 heteroatoms. The van der Waals surface area contributed by atoms with Crippen LogP contribution >= 0.6 is 0 Å². The number of primary amides is 1. The van der Waals surface area contributed by atoms with E-state index in [0.717, 1.165) is 17.7 Å². The highest BCUT2D eigenvalue weighted by atomic mass is 19.1. The summed E-state index contributed by atoms with van der Waals surface area (Å²) in [5, 5.41) is 4.27. The third-order valence-electron chi connectivity index (χ3n) is 6.77. The molecule has 0 saturated carbocycles. The van der Waals surface area contributed by atoms with Gasteiger partial charge in [0, 0.05) is 12.2 Å². The third-order valence-corrected chi connectivity index (χ3v) is 6.77. The van der Waals surface area contributed by atoms with Crippen LogP contribution in [0.4, 0.5) is 10.1 Å². The fraction of sp³-hybridized carbons (Fsp3) is 0.500. The smallest absolute Gasteiger partial charge is 0.291 e. The van der Waals surface area contributed by atoms with Gasteiger partial charge in [-0.15, -0.1) is 0 Å². The quantitative estimate of drug-likeness (QED) is 0.517. The number of nitrogens with one attached hydrogen (secondary N) is 1. The molecule has 0 unspecified atom stereocenters. The maximum Gasteiger partial charge on any atom is 0.291 e. The van der Waals surface area contributed by atoms with Gasteiger partial charge in [0.05, 0.1) is 24.8 Å². The van der Waals surface area contributed by atoms with Crippen LogP contribution in [0.2, 0.25) is 0 Å². The van der Waals surface area contributed by atoms with E-state index in [1.165, 1.54) is 18.2 Å². The Balaban J connectivity index is 1.60. The molecule has 5 atom stereocenters. The van der Waals surface area contributed by atoms with Crippen molar-refractivity contribution in [1.82, 2.24) is 4.90 Å². The van der Waals surface area contributed by atoms with Crippen LogP contribution in [0.1, 0.15) is 24.8 Å². The molecule has 158 valence electrons. The highest BCUT2D eigenvalue weighted by Crippen LogP contribution is 2.49. The van der Waals surface area contributed by atoms with E-state index in [0.29, 0.717) is 17.9 Å². The second kappa shape index (κ2) is 6.58. The van der Waals surface area contributed by atoms with Gasteiger partial charge < -0.3 is 21.1 Å². The summed E-state index contributed by atoms with van der Waals surface area (Å²) in [6.45, 7) is 0.687. The Morgan fingerprint density at radius 2 is 2.13 bits per heavy atom. The number of quaternary nitrogens is 1. The van der Waals surface area contributed by atoms with E-state index < -0.39 is 52.9 Å². The SMILES string of the molecule is NC(=O)C[C@@H]1[NH2+][C@@]2(C(=O)Nc3ccc(F)cc32)[C@H]2C(=O)N(C[C@H]3CCCO3)C(=O)[C@@H]12. The van der Waals surface area contributed by atoms with E-state index in [-0.39, 0.29) is 19.1 Å². The van der Waals surface area contributed by atoms with E-state index in [1.807, 2.05) is 0 Å². The second-order valence-corrected chi connectivity index (χ2v) is 8.44.